The van der Waals surface area contributed by atoms with Crippen LogP contribution in [0.3, 0.4) is 0 Å². The van der Waals surface area contributed by atoms with Crippen LogP contribution in [0.25, 0.3) is 0 Å². The minimum atomic E-state index is -2.40. The number of fused-ring (bicyclic) bond motifs is 3. The Bertz CT molecular complexity index is 1750. The summed E-state index contributed by atoms with van der Waals surface area (Å²) in [5.74, 6) is -8.84. The third-order valence-electron chi connectivity index (χ3n) is 15.2. The van der Waals surface area contributed by atoms with Crippen molar-refractivity contribution in [2.24, 2.45) is 53.3 Å². The van der Waals surface area contributed by atoms with Crippen LogP contribution in [0, 0.1) is 53.3 Å². The second-order valence-electron chi connectivity index (χ2n) is 20.3. The lowest BCUT2D eigenvalue weighted by atomic mass is 9.72. The van der Waals surface area contributed by atoms with Gasteiger partial charge in [-0.05, 0) is 113 Å². The zero-order valence-corrected chi connectivity index (χ0v) is 40.4. The fourth-order valence-electron chi connectivity index (χ4n) is 10.8. The average Bonchev–Trinajstić information content (AvgIpc) is 3.28. The predicted octanol–water partition coefficient (Wildman–Crippen LogP) is 6.03. The summed E-state index contributed by atoms with van der Waals surface area (Å²) >= 11 is 0. The van der Waals surface area contributed by atoms with Gasteiger partial charge >= 0.3 is 0 Å². The molecule has 13 nitrogen and oxygen atoms in total. The second kappa shape index (κ2) is 25.3. The zero-order chi connectivity index (χ0) is 48.2. The van der Waals surface area contributed by atoms with Gasteiger partial charge in [-0.1, -0.05) is 71.1 Å². The summed E-state index contributed by atoms with van der Waals surface area (Å²) in [6, 6.07) is -0.940. The van der Waals surface area contributed by atoms with E-state index in [4.69, 9.17) is 9.47 Å². The number of piperidine rings is 1. The van der Waals surface area contributed by atoms with Gasteiger partial charge in [-0.2, -0.15) is 0 Å². The summed E-state index contributed by atoms with van der Waals surface area (Å²) in [5, 5.41) is 54.1. The summed E-state index contributed by atoms with van der Waals surface area (Å²) < 4.78 is 12.0. The minimum absolute atomic E-state index is 0.000160. The van der Waals surface area contributed by atoms with Gasteiger partial charge in [0.2, 0.25) is 5.79 Å². The number of aliphatic hydroxyl groups is 5. The van der Waals surface area contributed by atoms with Gasteiger partial charge in [0.05, 0.1) is 43.0 Å². The normalized spacial score (nSPS) is 40.5. The number of ether oxygens (including phenoxy) is 2. The van der Waals surface area contributed by atoms with Gasteiger partial charge < -0.3 is 39.9 Å². The quantitative estimate of drug-likeness (QED) is 0.153. The van der Waals surface area contributed by atoms with Crippen LogP contribution in [-0.4, -0.2) is 123 Å². The Morgan fingerprint density at radius 2 is 1.55 bits per heavy atom. The molecule has 65 heavy (non-hydrogen) atoms. The summed E-state index contributed by atoms with van der Waals surface area (Å²) in [4.78, 5) is 72.2. The fraction of sp³-hybridized carbons (Fsp3) is 0.750. The summed E-state index contributed by atoms with van der Waals surface area (Å²) in [6.07, 6.45) is 14.0. The molecule has 0 aromatic rings. The standard InChI is InChI=1S/C52H81NO12/c1-31-14-10-9-11-15-32(2)47(64-8)28-41-19-17-37(7)52(63,65-41)50(61)51(62)53-21-13-12-16-43(53)46(58)27-39(33(3)24-38-18-20-44(56)40(25-38)29-54)26-45(57)34(4)23-36(6)49(60)42(30-55)48(59)35(5)22-31/h9-11,14-15,23,31,33-35,37-44,47,49,54-56,60,63H,12-13,16-22,24-30H2,1-8H3/b11-9+,14-10+,32-15+,36-23+/t31-,33-,34-,35+,37-,38+,39-,40+,41+,42+,43+,44-,47-,49-,52-/m1/s1. The van der Waals surface area contributed by atoms with E-state index in [1.54, 1.807) is 40.9 Å². The molecular formula is C52H81NO12. The largest absolute Gasteiger partial charge is 0.396 e. The summed E-state index contributed by atoms with van der Waals surface area (Å²) in [5.41, 5.74) is 1.26. The number of carbonyl (C=O) groups is 5. The molecule has 4 rings (SSSR count). The van der Waals surface area contributed by atoms with Crippen molar-refractivity contribution < 1.29 is 59.0 Å². The number of Topliss-reactive ketones (excluding diaryl/α,β-unsaturated/α-hetero) is 4. The number of carbonyl (C=O) groups excluding carboxylic acids is 5. The number of methoxy groups -OCH3 is 1. The van der Waals surface area contributed by atoms with E-state index in [1.165, 1.54) is 4.90 Å². The molecule has 0 unspecified atom stereocenters. The first-order valence-corrected chi connectivity index (χ1v) is 24.4. The van der Waals surface area contributed by atoms with Gasteiger partial charge in [-0.3, -0.25) is 24.0 Å². The number of rotatable bonds is 6. The van der Waals surface area contributed by atoms with Crippen LogP contribution >= 0.6 is 0 Å². The molecule has 13 heteroatoms. The van der Waals surface area contributed by atoms with E-state index in [0.717, 1.165) is 12.0 Å². The molecule has 3 fully saturated rings. The van der Waals surface area contributed by atoms with Crippen LogP contribution in [0.5, 0.6) is 0 Å². The monoisotopic (exact) mass is 912 g/mol. The van der Waals surface area contributed by atoms with Crippen molar-refractivity contribution in [1.82, 2.24) is 4.90 Å². The Kier molecular flexibility index (Phi) is 21.2. The molecule has 1 saturated carbocycles. The van der Waals surface area contributed by atoms with Gasteiger partial charge in [0.25, 0.3) is 11.7 Å². The first-order chi connectivity index (χ1) is 30.7. The van der Waals surface area contributed by atoms with Crippen molar-refractivity contribution in [3.05, 3.63) is 47.6 Å². The number of hydrogen-bond acceptors (Lipinski definition) is 12. The molecular weight excluding hydrogens is 831 g/mol. The summed E-state index contributed by atoms with van der Waals surface area (Å²) in [7, 11) is 1.58. The lowest BCUT2D eigenvalue weighted by Gasteiger charge is -2.43. The number of amides is 1. The number of nitrogens with zero attached hydrogens (tertiary/aromatic N) is 1. The highest BCUT2D eigenvalue weighted by Gasteiger charge is 2.53. The van der Waals surface area contributed by atoms with Crippen LogP contribution in [-0.2, 0) is 33.4 Å². The van der Waals surface area contributed by atoms with Crippen LogP contribution in [0.2, 0.25) is 0 Å². The van der Waals surface area contributed by atoms with E-state index in [-0.39, 0.29) is 67.0 Å². The third-order valence-corrected chi connectivity index (χ3v) is 15.2. The molecule has 3 heterocycles. The minimum Gasteiger partial charge on any atom is -0.396 e. The Labute approximate surface area is 387 Å². The van der Waals surface area contributed by atoms with Crippen molar-refractivity contribution in [2.45, 2.75) is 168 Å². The molecule has 2 bridgehead atoms. The molecule has 0 spiro atoms. The molecule has 15 atom stereocenters. The van der Waals surface area contributed by atoms with Crippen LogP contribution in [0.15, 0.2) is 47.6 Å². The maximum atomic E-state index is 14.6. The Hall–Kier alpha value is -3.17. The maximum Gasteiger partial charge on any atom is 0.296 e. The zero-order valence-electron chi connectivity index (χ0n) is 40.4. The Morgan fingerprint density at radius 3 is 2.23 bits per heavy atom. The number of allylic oxidation sites excluding steroid dienone is 6. The molecule has 0 aromatic carbocycles. The smallest absolute Gasteiger partial charge is 0.296 e. The van der Waals surface area contributed by atoms with Crippen molar-refractivity contribution in [1.29, 1.82) is 0 Å². The number of hydrogen-bond donors (Lipinski definition) is 5. The van der Waals surface area contributed by atoms with E-state index < -0.39 is 84.1 Å². The fourth-order valence-corrected chi connectivity index (χ4v) is 10.8. The molecule has 1 aliphatic carbocycles. The Morgan fingerprint density at radius 1 is 0.846 bits per heavy atom. The maximum absolute atomic E-state index is 14.6. The van der Waals surface area contributed by atoms with Crippen molar-refractivity contribution in [3.8, 4) is 0 Å². The highest BCUT2D eigenvalue weighted by atomic mass is 16.6. The second-order valence-corrected chi connectivity index (χ2v) is 20.3. The van der Waals surface area contributed by atoms with Crippen molar-refractivity contribution in [3.63, 3.8) is 0 Å². The molecule has 3 aliphatic heterocycles. The predicted molar refractivity (Wildman–Crippen MR) is 248 cm³/mol. The molecule has 0 radical (unpaired) electrons. The van der Waals surface area contributed by atoms with Gasteiger partial charge in [0.1, 0.15) is 11.6 Å². The Balaban J connectivity index is 1.70. The van der Waals surface area contributed by atoms with Crippen LogP contribution in [0.4, 0.5) is 0 Å². The van der Waals surface area contributed by atoms with E-state index in [0.29, 0.717) is 69.8 Å². The molecule has 0 aromatic heterocycles. The molecule has 366 valence electrons. The van der Waals surface area contributed by atoms with Crippen LogP contribution < -0.4 is 0 Å². The van der Waals surface area contributed by atoms with Crippen molar-refractivity contribution >= 4 is 29.0 Å². The number of ketones is 4. The summed E-state index contributed by atoms with van der Waals surface area (Å²) in [6.45, 7) is 12.2. The van der Waals surface area contributed by atoms with Crippen LogP contribution in [0.1, 0.15) is 132 Å². The van der Waals surface area contributed by atoms with Gasteiger partial charge in [-0.15, -0.1) is 0 Å². The SMILES string of the molecule is CO[C@@H]1C[C@@H]2CC[C@@H](C)[C@@](O)(O2)C(=O)C(=O)N2CCCC[C@H]2C(=O)C[C@H]([C@H](C)C[C@@H]2CC[C@@H](O)[C@H](CO)C2)CC(=O)[C@H](C)/C=C(\C)[C@@H](O)[C@@H](CO)C(=O)[C@@H](C)C[C@H](C)/C=C/C=C/C=C/1C. The highest BCUT2D eigenvalue weighted by molar-refractivity contribution is 6.39. The van der Waals surface area contributed by atoms with E-state index in [2.05, 4.69) is 0 Å². The average molecular weight is 912 g/mol. The van der Waals surface area contributed by atoms with Crippen molar-refractivity contribution in [2.75, 3.05) is 26.9 Å². The molecule has 2 saturated heterocycles. The van der Waals surface area contributed by atoms with E-state index in [9.17, 15) is 49.5 Å². The van der Waals surface area contributed by atoms with E-state index >= 15 is 0 Å². The molecule has 5 N–H and O–H groups in total. The topological polar surface area (TPSA) is 208 Å². The molecule has 4 aliphatic rings. The number of aliphatic hydroxyl groups excluding tert-OH is 4. The molecule has 1 amide bonds. The first kappa shape index (κ1) is 54.4. The van der Waals surface area contributed by atoms with Gasteiger partial charge in [0, 0.05) is 63.2 Å². The lowest BCUT2D eigenvalue weighted by Crippen LogP contribution is -2.60. The van der Waals surface area contributed by atoms with E-state index in [1.807, 2.05) is 51.2 Å². The first-order valence-electron chi connectivity index (χ1n) is 24.4. The van der Waals surface area contributed by atoms with Gasteiger partial charge in [0.15, 0.2) is 5.78 Å². The van der Waals surface area contributed by atoms with Gasteiger partial charge in [-0.25, -0.2) is 0 Å². The highest BCUT2D eigenvalue weighted by Crippen LogP contribution is 2.39. The third kappa shape index (κ3) is 14.4. The lowest BCUT2D eigenvalue weighted by molar-refractivity contribution is -0.265.